The number of amides is 1. The van der Waals surface area contributed by atoms with Crippen LogP contribution < -0.4 is 10.6 Å². The quantitative estimate of drug-likeness (QED) is 0.753. The van der Waals surface area contributed by atoms with Crippen LogP contribution in [-0.2, 0) is 0 Å². The van der Waals surface area contributed by atoms with E-state index in [1.54, 1.807) is 36.5 Å². The predicted molar refractivity (Wildman–Crippen MR) is 91.2 cm³/mol. The van der Waals surface area contributed by atoms with Crippen molar-refractivity contribution in [2.45, 2.75) is 19.8 Å². The number of benzene rings is 1. The van der Waals surface area contributed by atoms with Crippen LogP contribution in [0.15, 0.2) is 36.5 Å². The van der Waals surface area contributed by atoms with E-state index in [9.17, 15) is 4.79 Å². The molecule has 0 fully saturated rings. The van der Waals surface area contributed by atoms with E-state index in [1.807, 2.05) is 0 Å². The van der Waals surface area contributed by atoms with Gasteiger partial charge in [0.1, 0.15) is 5.69 Å². The fourth-order valence-corrected chi connectivity index (χ4v) is 2.27. The van der Waals surface area contributed by atoms with Crippen LogP contribution in [0.1, 0.15) is 30.3 Å². The summed E-state index contributed by atoms with van der Waals surface area (Å²) < 4.78 is 0. The Morgan fingerprint density at radius 1 is 1.23 bits per heavy atom. The number of carbonyl (C=O) groups is 1. The fourth-order valence-electron chi connectivity index (χ4n) is 1.82. The highest BCUT2D eigenvalue weighted by Crippen LogP contribution is 2.27. The number of hydrogen-bond donors (Lipinski definition) is 2. The molecule has 0 spiro atoms. The Balaban J connectivity index is 2.01. The summed E-state index contributed by atoms with van der Waals surface area (Å²) in [5, 5.41) is 7.06. The molecule has 1 amide bonds. The smallest absolute Gasteiger partial charge is 0.269 e. The highest BCUT2D eigenvalue weighted by atomic mass is 35.5. The summed E-state index contributed by atoms with van der Waals surface area (Å²) in [6, 6.07) is 8.66. The molecule has 116 valence electrons. The van der Waals surface area contributed by atoms with Gasteiger partial charge < -0.3 is 10.6 Å². The van der Waals surface area contributed by atoms with Crippen LogP contribution in [0.2, 0.25) is 10.0 Å². The maximum absolute atomic E-state index is 11.9. The van der Waals surface area contributed by atoms with Crippen LogP contribution in [0.4, 0.5) is 11.4 Å². The molecule has 6 heteroatoms. The molecular formula is C16H17Cl2N3O. The number of unbranched alkanes of at least 4 members (excludes halogenated alkanes) is 1. The SMILES string of the molecule is CCCCNC(=O)c1ccc(Nc2ccc(Cl)cc2Cl)cn1. The molecule has 1 aromatic heterocycles. The maximum atomic E-state index is 11.9. The van der Waals surface area contributed by atoms with Gasteiger partial charge >= 0.3 is 0 Å². The lowest BCUT2D eigenvalue weighted by Crippen LogP contribution is -2.25. The summed E-state index contributed by atoms with van der Waals surface area (Å²) in [6.45, 7) is 2.74. The second-order valence-corrected chi connectivity index (χ2v) is 5.63. The van der Waals surface area contributed by atoms with Gasteiger partial charge in [0.25, 0.3) is 5.91 Å². The molecule has 0 saturated carbocycles. The van der Waals surface area contributed by atoms with Crippen LogP contribution in [0, 0.1) is 0 Å². The number of rotatable bonds is 6. The first-order valence-corrected chi connectivity index (χ1v) is 7.82. The van der Waals surface area contributed by atoms with E-state index in [0.717, 1.165) is 24.2 Å². The fraction of sp³-hybridized carbons (Fsp3) is 0.250. The maximum Gasteiger partial charge on any atom is 0.269 e. The third-order valence-electron chi connectivity index (χ3n) is 3.02. The van der Waals surface area contributed by atoms with Gasteiger partial charge in [0.2, 0.25) is 0 Å². The summed E-state index contributed by atoms with van der Waals surface area (Å²) in [5.74, 6) is -0.162. The Hall–Kier alpha value is -1.78. The van der Waals surface area contributed by atoms with Gasteiger partial charge in [-0.25, -0.2) is 4.98 Å². The van der Waals surface area contributed by atoms with Crippen LogP contribution in [0.5, 0.6) is 0 Å². The molecule has 2 rings (SSSR count). The van der Waals surface area contributed by atoms with E-state index in [-0.39, 0.29) is 5.91 Å². The monoisotopic (exact) mass is 337 g/mol. The lowest BCUT2D eigenvalue weighted by atomic mass is 10.2. The number of anilines is 2. The lowest BCUT2D eigenvalue weighted by molar-refractivity contribution is 0.0948. The Bertz CT molecular complexity index is 644. The molecule has 0 unspecified atom stereocenters. The van der Waals surface area contributed by atoms with Crippen LogP contribution >= 0.6 is 23.2 Å². The van der Waals surface area contributed by atoms with Crippen molar-refractivity contribution in [1.29, 1.82) is 0 Å². The van der Waals surface area contributed by atoms with Crippen molar-refractivity contribution in [2.24, 2.45) is 0 Å². The highest BCUT2D eigenvalue weighted by molar-refractivity contribution is 6.36. The highest BCUT2D eigenvalue weighted by Gasteiger charge is 2.07. The zero-order valence-electron chi connectivity index (χ0n) is 12.2. The number of nitrogens with one attached hydrogen (secondary N) is 2. The largest absolute Gasteiger partial charge is 0.353 e. The van der Waals surface area contributed by atoms with Crippen LogP contribution in [0.3, 0.4) is 0 Å². The van der Waals surface area contributed by atoms with Gasteiger partial charge in [-0.1, -0.05) is 36.5 Å². The summed E-state index contributed by atoms with van der Waals surface area (Å²) in [7, 11) is 0. The third kappa shape index (κ3) is 4.61. The topological polar surface area (TPSA) is 54.0 Å². The Morgan fingerprint density at radius 3 is 2.68 bits per heavy atom. The number of pyridine rings is 1. The van der Waals surface area contributed by atoms with E-state index < -0.39 is 0 Å². The van der Waals surface area contributed by atoms with E-state index in [2.05, 4.69) is 22.5 Å². The standard InChI is InChI=1S/C16H17Cl2N3O/c1-2-3-8-19-16(22)15-7-5-12(10-20-15)21-14-6-4-11(17)9-13(14)18/h4-7,9-10,21H,2-3,8H2,1H3,(H,19,22). The second kappa shape index (κ2) is 8.01. The molecular weight excluding hydrogens is 321 g/mol. The lowest BCUT2D eigenvalue weighted by Gasteiger charge is -2.09. The molecule has 22 heavy (non-hydrogen) atoms. The molecule has 4 nitrogen and oxygen atoms in total. The molecule has 0 saturated heterocycles. The second-order valence-electron chi connectivity index (χ2n) is 4.79. The zero-order chi connectivity index (χ0) is 15.9. The molecule has 0 bridgehead atoms. The van der Waals surface area contributed by atoms with Gasteiger partial charge in [-0.2, -0.15) is 0 Å². The average Bonchev–Trinajstić information content (AvgIpc) is 2.51. The third-order valence-corrected chi connectivity index (χ3v) is 3.57. The van der Waals surface area contributed by atoms with Gasteiger partial charge in [0, 0.05) is 11.6 Å². The van der Waals surface area contributed by atoms with Crippen LogP contribution in [0.25, 0.3) is 0 Å². The van der Waals surface area contributed by atoms with E-state index in [4.69, 9.17) is 23.2 Å². The summed E-state index contributed by atoms with van der Waals surface area (Å²) in [5.41, 5.74) is 1.87. The minimum absolute atomic E-state index is 0.162. The molecule has 0 aliphatic heterocycles. The number of halogens is 2. The van der Waals surface area contributed by atoms with E-state index in [1.165, 1.54) is 0 Å². The molecule has 1 heterocycles. The number of nitrogens with zero attached hydrogens (tertiary/aromatic N) is 1. The number of carbonyl (C=O) groups excluding carboxylic acids is 1. The van der Waals surface area contributed by atoms with Crippen molar-refractivity contribution in [2.75, 3.05) is 11.9 Å². The van der Waals surface area contributed by atoms with Gasteiger partial charge in [0.05, 0.1) is 22.6 Å². The van der Waals surface area contributed by atoms with Gasteiger partial charge in [-0.3, -0.25) is 4.79 Å². The van der Waals surface area contributed by atoms with Crippen molar-refractivity contribution in [3.05, 3.63) is 52.3 Å². The zero-order valence-corrected chi connectivity index (χ0v) is 13.7. The van der Waals surface area contributed by atoms with Gasteiger partial charge in [-0.05, 0) is 36.8 Å². The Morgan fingerprint density at radius 2 is 2.05 bits per heavy atom. The average molecular weight is 338 g/mol. The number of aromatic nitrogens is 1. The van der Waals surface area contributed by atoms with E-state index in [0.29, 0.717) is 22.3 Å². The molecule has 0 radical (unpaired) electrons. The van der Waals surface area contributed by atoms with Crippen LogP contribution in [-0.4, -0.2) is 17.4 Å². The minimum Gasteiger partial charge on any atom is -0.353 e. The van der Waals surface area contributed by atoms with Gasteiger partial charge in [-0.15, -0.1) is 0 Å². The first-order valence-electron chi connectivity index (χ1n) is 7.06. The molecule has 1 aromatic carbocycles. The summed E-state index contributed by atoms with van der Waals surface area (Å²) in [6.07, 6.45) is 3.60. The first-order chi connectivity index (χ1) is 10.6. The summed E-state index contributed by atoms with van der Waals surface area (Å²) >= 11 is 12.0. The molecule has 0 aliphatic carbocycles. The van der Waals surface area contributed by atoms with Crippen molar-refractivity contribution in [3.8, 4) is 0 Å². The Kier molecular flexibility index (Phi) is 6.04. The van der Waals surface area contributed by atoms with Crippen molar-refractivity contribution >= 4 is 40.5 Å². The molecule has 0 atom stereocenters. The van der Waals surface area contributed by atoms with Crippen molar-refractivity contribution in [1.82, 2.24) is 10.3 Å². The summed E-state index contributed by atoms with van der Waals surface area (Å²) in [4.78, 5) is 16.0. The Labute approximate surface area is 139 Å². The number of hydrogen-bond acceptors (Lipinski definition) is 3. The minimum atomic E-state index is -0.162. The van der Waals surface area contributed by atoms with Gasteiger partial charge in [0.15, 0.2) is 0 Å². The normalized spacial score (nSPS) is 10.3. The molecule has 2 aromatic rings. The molecule has 0 aliphatic rings. The predicted octanol–water partition coefficient (Wildman–Crippen LogP) is 4.66. The van der Waals surface area contributed by atoms with Crippen molar-refractivity contribution in [3.63, 3.8) is 0 Å². The first kappa shape index (κ1) is 16.6. The van der Waals surface area contributed by atoms with Crippen molar-refractivity contribution < 1.29 is 4.79 Å². The van der Waals surface area contributed by atoms with E-state index >= 15 is 0 Å². The molecule has 2 N–H and O–H groups in total.